The van der Waals surface area contributed by atoms with E-state index < -0.39 is 11.9 Å². The third kappa shape index (κ3) is 4.72. The zero-order valence-electron chi connectivity index (χ0n) is 16.0. The van der Waals surface area contributed by atoms with Gasteiger partial charge in [-0.3, -0.25) is 9.59 Å². The molecule has 0 atom stereocenters. The van der Waals surface area contributed by atoms with E-state index in [4.69, 9.17) is 9.15 Å². The molecule has 0 bridgehead atoms. The molecule has 0 unspecified atom stereocenters. The van der Waals surface area contributed by atoms with E-state index in [-0.39, 0.29) is 22.2 Å². The first kappa shape index (κ1) is 20.3. The third-order valence-corrected chi connectivity index (χ3v) is 5.46. The second-order valence-electron chi connectivity index (χ2n) is 6.17. The van der Waals surface area contributed by atoms with E-state index in [1.165, 1.54) is 19.4 Å². The molecule has 2 N–H and O–H groups in total. The normalized spacial score (nSPS) is 10.4. The van der Waals surface area contributed by atoms with Gasteiger partial charge in [-0.25, -0.2) is 4.79 Å². The number of furan rings is 1. The fourth-order valence-corrected chi connectivity index (χ4v) is 3.89. The first-order valence-corrected chi connectivity index (χ1v) is 9.71. The second-order valence-corrected chi connectivity index (χ2v) is 7.20. The fraction of sp³-hybridized carbons (Fsp3) is 0.190. The highest BCUT2D eigenvalue weighted by Gasteiger charge is 2.26. The topological polar surface area (TPSA) is 97.6 Å². The maximum absolute atomic E-state index is 12.7. The maximum atomic E-state index is 12.7. The highest BCUT2D eigenvalue weighted by Crippen LogP contribution is 2.34. The molecule has 0 radical (unpaired) electrons. The molecule has 0 spiro atoms. The van der Waals surface area contributed by atoms with Gasteiger partial charge >= 0.3 is 5.97 Å². The van der Waals surface area contributed by atoms with E-state index in [1.54, 1.807) is 13.0 Å². The minimum atomic E-state index is -0.628. The van der Waals surface area contributed by atoms with Crippen molar-refractivity contribution in [1.82, 2.24) is 5.32 Å². The smallest absolute Gasteiger partial charge is 0.341 e. The SMILES string of the molecule is COC(=O)c1c(NC(=O)c2ccco2)sc(C(=O)NCCc2ccccc2)c1C. The first-order chi connectivity index (χ1) is 14.0. The van der Waals surface area contributed by atoms with Crippen molar-refractivity contribution in [3.05, 3.63) is 76.1 Å². The number of ether oxygens (including phenoxy) is 1. The lowest BCUT2D eigenvalue weighted by molar-refractivity contribution is 0.0601. The Kier molecular flexibility index (Phi) is 6.46. The van der Waals surface area contributed by atoms with Crippen LogP contribution in [0.3, 0.4) is 0 Å². The van der Waals surface area contributed by atoms with E-state index >= 15 is 0 Å². The van der Waals surface area contributed by atoms with Crippen molar-refractivity contribution in [2.45, 2.75) is 13.3 Å². The lowest BCUT2D eigenvalue weighted by Gasteiger charge is -2.05. The predicted molar refractivity (Wildman–Crippen MR) is 110 cm³/mol. The monoisotopic (exact) mass is 412 g/mol. The van der Waals surface area contributed by atoms with Crippen molar-refractivity contribution in [3.63, 3.8) is 0 Å². The summed E-state index contributed by atoms with van der Waals surface area (Å²) in [4.78, 5) is 37.5. The van der Waals surface area contributed by atoms with Crippen LogP contribution in [-0.4, -0.2) is 31.4 Å². The molecule has 29 heavy (non-hydrogen) atoms. The Balaban J connectivity index is 1.77. The van der Waals surface area contributed by atoms with E-state index in [1.807, 2.05) is 30.3 Å². The molecule has 1 aromatic carbocycles. The van der Waals surface area contributed by atoms with Crippen molar-refractivity contribution in [2.75, 3.05) is 19.0 Å². The Bertz CT molecular complexity index is 1010. The highest BCUT2D eigenvalue weighted by molar-refractivity contribution is 7.18. The van der Waals surface area contributed by atoms with Gasteiger partial charge < -0.3 is 19.8 Å². The quantitative estimate of drug-likeness (QED) is 0.577. The predicted octanol–water partition coefficient (Wildman–Crippen LogP) is 3.66. The number of carbonyl (C=O) groups is 3. The van der Waals surface area contributed by atoms with Crippen LogP contribution in [0.15, 0.2) is 53.1 Å². The largest absolute Gasteiger partial charge is 0.465 e. The molecule has 150 valence electrons. The molecular formula is C21H20N2O5S. The fourth-order valence-electron chi connectivity index (χ4n) is 2.78. The highest BCUT2D eigenvalue weighted by atomic mass is 32.1. The summed E-state index contributed by atoms with van der Waals surface area (Å²) in [7, 11) is 1.25. The lowest BCUT2D eigenvalue weighted by Crippen LogP contribution is -2.25. The number of benzene rings is 1. The van der Waals surface area contributed by atoms with Gasteiger partial charge in [-0.05, 0) is 36.6 Å². The van der Waals surface area contributed by atoms with Crippen molar-refractivity contribution in [2.24, 2.45) is 0 Å². The Morgan fingerprint density at radius 3 is 2.48 bits per heavy atom. The summed E-state index contributed by atoms with van der Waals surface area (Å²) >= 11 is 1.02. The van der Waals surface area contributed by atoms with Crippen molar-refractivity contribution < 1.29 is 23.5 Å². The number of thiophene rings is 1. The standard InChI is InChI=1S/C21H20N2O5S/c1-13-16(21(26)27-2)20(23-18(24)15-9-6-12-28-15)29-17(13)19(25)22-11-10-14-7-4-3-5-8-14/h3-9,12H,10-11H2,1-2H3,(H,22,25)(H,23,24). The van der Waals surface area contributed by atoms with Crippen LogP contribution in [0.2, 0.25) is 0 Å². The molecule has 0 aliphatic carbocycles. The molecule has 2 aromatic heterocycles. The number of amides is 2. The number of anilines is 1. The van der Waals surface area contributed by atoms with Gasteiger partial charge in [0.05, 0.1) is 23.8 Å². The number of hydrogen-bond donors (Lipinski definition) is 2. The van der Waals surface area contributed by atoms with Crippen LogP contribution < -0.4 is 10.6 Å². The summed E-state index contributed by atoms with van der Waals surface area (Å²) in [6.07, 6.45) is 2.06. The van der Waals surface area contributed by atoms with Crippen molar-refractivity contribution >= 4 is 34.1 Å². The molecular weight excluding hydrogens is 392 g/mol. The average Bonchev–Trinajstić information content (AvgIpc) is 3.37. The second kappa shape index (κ2) is 9.20. The average molecular weight is 412 g/mol. The first-order valence-electron chi connectivity index (χ1n) is 8.90. The summed E-state index contributed by atoms with van der Waals surface area (Å²) in [6.45, 7) is 2.10. The third-order valence-electron chi connectivity index (χ3n) is 4.26. The van der Waals surface area contributed by atoms with E-state index in [2.05, 4.69) is 10.6 Å². The van der Waals surface area contributed by atoms with Crippen LogP contribution >= 0.6 is 11.3 Å². The minimum Gasteiger partial charge on any atom is -0.465 e. The molecule has 0 aliphatic rings. The zero-order chi connectivity index (χ0) is 20.8. The maximum Gasteiger partial charge on any atom is 0.341 e. The Morgan fingerprint density at radius 2 is 1.83 bits per heavy atom. The number of esters is 1. The Hall–Kier alpha value is -3.39. The van der Waals surface area contributed by atoms with Crippen molar-refractivity contribution in [3.8, 4) is 0 Å². The van der Waals surface area contributed by atoms with Gasteiger partial charge in [-0.2, -0.15) is 0 Å². The van der Waals surface area contributed by atoms with Gasteiger partial charge in [0.2, 0.25) is 0 Å². The minimum absolute atomic E-state index is 0.0979. The molecule has 3 rings (SSSR count). The van der Waals surface area contributed by atoms with Gasteiger partial charge in [0.15, 0.2) is 5.76 Å². The van der Waals surface area contributed by atoms with Crippen LogP contribution in [0, 0.1) is 6.92 Å². The van der Waals surface area contributed by atoms with Gasteiger partial charge in [0.25, 0.3) is 11.8 Å². The summed E-state index contributed by atoms with van der Waals surface area (Å²) in [6, 6.07) is 12.9. The number of carbonyl (C=O) groups excluding carboxylic acids is 3. The summed E-state index contributed by atoms with van der Waals surface area (Å²) < 4.78 is 9.89. The molecule has 3 aromatic rings. The number of methoxy groups -OCH3 is 1. The lowest BCUT2D eigenvalue weighted by atomic mass is 10.1. The van der Waals surface area contributed by atoms with Crippen LogP contribution in [0.1, 0.15) is 41.7 Å². The molecule has 0 fully saturated rings. The summed E-state index contributed by atoms with van der Waals surface area (Å²) in [5.74, 6) is -1.36. The Morgan fingerprint density at radius 1 is 1.07 bits per heavy atom. The van der Waals surface area contributed by atoms with Crippen LogP contribution in [0.4, 0.5) is 5.00 Å². The molecule has 7 nitrogen and oxygen atoms in total. The Labute approximate surface area is 171 Å². The molecule has 2 heterocycles. The molecule has 0 saturated carbocycles. The zero-order valence-corrected chi connectivity index (χ0v) is 16.8. The van der Waals surface area contributed by atoms with Crippen LogP contribution in [-0.2, 0) is 11.2 Å². The molecule has 0 saturated heterocycles. The van der Waals surface area contributed by atoms with Crippen LogP contribution in [0.25, 0.3) is 0 Å². The van der Waals surface area contributed by atoms with Crippen LogP contribution in [0.5, 0.6) is 0 Å². The van der Waals surface area contributed by atoms with E-state index in [0.29, 0.717) is 23.4 Å². The van der Waals surface area contributed by atoms with E-state index in [0.717, 1.165) is 16.9 Å². The van der Waals surface area contributed by atoms with Gasteiger partial charge in [0.1, 0.15) is 5.00 Å². The van der Waals surface area contributed by atoms with Gasteiger partial charge in [-0.15, -0.1) is 11.3 Å². The van der Waals surface area contributed by atoms with Gasteiger partial charge in [0, 0.05) is 6.54 Å². The summed E-state index contributed by atoms with van der Waals surface area (Å²) in [5.41, 5.74) is 1.72. The number of nitrogens with one attached hydrogen (secondary N) is 2. The molecule has 8 heteroatoms. The molecule has 2 amide bonds. The summed E-state index contributed by atoms with van der Waals surface area (Å²) in [5, 5.41) is 5.73. The van der Waals surface area contributed by atoms with Gasteiger partial charge in [-0.1, -0.05) is 30.3 Å². The number of rotatable bonds is 7. The molecule has 0 aliphatic heterocycles. The number of hydrogen-bond acceptors (Lipinski definition) is 6. The van der Waals surface area contributed by atoms with Crippen molar-refractivity contribution in [1.29, 1.82) is 0 Å². The van der Waals surface area contributed by atoms with E-state index in [9.17, 15) is 14.4 Å².